The molecular weight excluding hydrogens is 319 g/mol. The number of anilines is 1. The van der Waals surface area contributed by atoms with Gasteiger partial charge in [0.25, 0.3) is 0 Å². The third-order valence-corrected chi connectivity index (χ3v) is 4.41. The first-order valence-corrected chi connectivity index (χ1v) is 7.92. The van der Waals surface area contributed by atoms with Crippen LogP contribution in [-0.2, 0) is 17.8 Å². The van der Waals surface area contributed by atoms with E-state index in [4.69, 9.17) is 23.2 Å². The fourth-order valence-electron chi connectivity index (χ4n) is 2.62. The van der Waals surface area contributed by atoms with Crippen molar-refractivity contribution in [3.63, 3.8) is 0 Å². The fraction of sp³-hybridized carbons (Fsp3) is 0.235. The van der Waals surface area contributed by atoms with E-state index >= 15 is 0 Å². The van der Waals surface area contributed by atoms with Crippen molar-refractivity contribution in [1.82, 2.24) is 4.90 Å². The lowest BCUT2D eigenvalue weighted by atomic mass is 10.00. The lowest BCUT2D eigenvalue weighted by molar-refractivity contribution is -0.130. The smallest absolute Gasteiger partial charge is 0.242 e. The van der Waals surface area contributed by atoms with Crippen molar-refractivity contribution in [2.45, 2.75) is 13.0 Å². The largest absolute Gasteiger partial charge is 0.375 e. The summed E-state index contributed by atoms with van der Waals surface area (Å²) in [7, 11) is 0. The second-order valence-corrected chi connectivity index (χ2v) is 6.16. The molecule has 3 nitrogen and oxygen atoms in total. The van der Waals surface area contributed by atoms with E-state index in [-0.39, 0.29) is 12.5 Å². The molecule has 2 aromatic rings. The summed E-state index contributed by atoms with van der Waals surface area (Å²) in [5.41, 5.74) is 3.24. The van der Waals surface area contributed by atoms with E-state index in [1.165, 1.54) is 11.1 Å². The van der Waals surface area contributed by atoms with Gasteiger partial charge in [0.15, 0.2) is 0 Å². The third-order valence-electron chi connectivity index (χ3n) is 3.84. The van der Waals surface area contributed by atoms with Crippen LogP contribution in [-0.4, -0.2) is 23.9 Å². The predicted molar refractivity (Wildman–Crippen MR) is 90.5 cm³/mol. The summed E-state index contributed by atoms with van der Waals surface area (Å²) in [5.74, 6) is 0.0607. The van der Waals surface area contributed by atoms with Gasteiger partial charge in [-0.2, -0.15) is 0 Å². The molecule has 0 unspecified atom stereocenters. The zero-order chi connectivity index (χ0) is 15.5. The summed E-state index contributed by atoms with van der Waals surface area (Å²) in [6.07, 6.45) is 0.903. The quantitative estimate of drug-likeness (QED) is 0.920. The third kappa shape index (κ3) is 3.37. The molecule has 0 radical (unpaired) electrons. The normalized spacial score (nSPS) is 13.6. The number of hydrogen-bond acceptors (Lipinski definition) is 2. The Hall–Kier alpha value is -1.71. The summed E-state index contributed by atoms with van der Waals surface area (Å²) >= 11 is 12.0. The molecule has 0 atom stereocenters. The highest BCUT2D eigenvalue weighted by Gasteiger charge is 2.20. The van der Waals surface area contributed by atoms with Crippen LogP contribution in [0.1, 0.15) is 11.1 Å². The van der Waals surface area contributed by atoms with E-state index < -0.39 is 0 Å². The van der Waals surface area contributed by atoms with E-state index in [9.17, 15) is 4.79 Å². The number of benzene rings is 2. The van der Waals surface area contributed by atoms with Crippen molar-refractivity contribution in [3.05, 3.63) is 63.6 Å². The zero-order valence-electron chi connectivity index (χ0n) is 12.0. The number of nitrogens with zero attached hydrogens (tertiary/aromatic N) is 1. The molecule has 0 saturated heterocycles. The Morgan fingerprint density at radius 3 is 2.73 bits per heavy atom. The van der Waals surface area contributed by atoms with Crippen LogP contribution in [0.5, 0.6) is 0 Å². The maximum absolute atomic E-state index is 12.4. The topological polar surface area (TPSA) is 32.3 Å². The van der Waals surface area contributed by atoms with E-state index in [1.807, 2.05) is 17.0 Å². The second-order valence-electron chi connectivity index (χ2n) is 5.31. The van der Waals surface area contributed by atoms with Crippen molar-refractivity contribution >= 4 is 34.8 Å². The number of hydrogen-bond donors (Lipinski definition) is 1. The molecule has 0 bridgehead atoms. The lowest BCUT2D eigenvalue weighted by Crippen LogP contribution is -2.39. The van der Waals surface area contributed by atoms with Gasteiger partial charge in [-0.1, -0.05) is 47.5 Å². The van der Waals surface area contributed by atoms with Crippen molar-refractivity contribution in [1.29, 1.82) is 0 Å². The van der Waals surface area contributed by atoms with Gasteiger partial charge in [-0.05, 0) is 35.7 Å². The number of amides is 1. The van der Waals surface area contributed by atoms with E-state index in [2.05, 4.69) is 17.4 Å². The minimum Gasteiger partial charge on any atom is -0.375 e. The Morgan fingerprint density at radius 1 is 1.14 bits per heavy atom. The molecule has 0 fully saturated rings. The molecule has 1 heterocycles. The Bertz CT molecular complexity index is 703. The van der Waals surface area contributed by atoms with Crippen molar-refractivity contribution in [2.75, 3.05) is 18.4 Å². The van der Waals surface area contributed by atoms with Crippen LogP contribution in [0, 0.1) is 0 Å². The van der Waals surface area contributed by atoms with E-state index in [0.717, 1.165) is 13.0 Å². The van der Waals surface area contributed by atoms with Gasteiger partial charge in [0.2, 0.25) is 5.91 Å². The van der Waals surface area contributed by atoms with Gasteiger partial charge < -0.3 is 10.2 Å². The van der Waals surface area contributed by atoms with Crippen LogP contribution >= 0.6 is 23.2 Å². The number of nitrogens with one attached hydrogen (secondary N) is 1. The number of carbonyl (C=O) groups is 1. The molecular formula is C17H16Cl2N2O. The molecule has 0 aliphatic carbocycles. The molecule has 114 valence electrons. The van der Waals surface area contributed by atoms with Crippen molar-refractivity contribution < 1.29 is 4.79 Å². The number of fused-ring (bicyclic) bond motifs is 1. The summed E-state index contributed by atoms with van der Waals surface area (Å²) in [5, 5.41) is 4.21. The molecule has 1 aliphatic rings. The summed E-state index contributed by atoms with van der Waals surface area (Å²) in [6.45, 7) is 1.63. The Morgan fingerprint density at radius 2 is 1.91 bits per heavy atom. The molecule has 2 aromatic carbocycles. The van der Waals surface area contributed by atoms with Gasteiger partial charge in [-0.15, -0.1) is 0 Å². The monoisotopic (exact) mass is 334 g/mol. The summed E-state index contributed by atoms with van der Waals surface area (Å²) < 4.78 is 0. The van der Waals surface area contributed by atoms with Crippen LogP contribution in [0.25, 0.3) is 0 Å². The van der Waals surface area contributed by atoms with Gasteiger partial charge >= 0.3 is 0 Å². The molecule has 0 aromatic heterocycles. The maximum atomic E-state index is 12.4. The lowest BCUT2D eigenvalue weighted by Gasteiger charge is -2.29. The first-order valence-electron chi connectivity index (χ1n) is 7.17. The Kier molecular flexibility index (Phi) is 4.55. The van der Waals surface area contributed by atoms with Crippen molar-refractivity contribution in [3.8, 4) is 0 Å². The highest BCUT2D eigenvalue weighted by Crippen LogP contribution is 2.25. The number of carbonyl (C=O) groups excluding carboxylic acids is 1. The SMILES string of the molecule is O=C(CNc1cc(Cl)ccc1Cl)N1CCc2ccccc2C1. The van der Waals surface area contributed by atoms with Crippen LogP contribution in [0.2, 0.25) is 10.0 Å². The standard InChI is InChI=1S/C17H16Cl2N2O/c18-14-5-6-15(19)16(9-14)20-10-17(22)21-8-7-12-3-1-2-4-13(12)11-21/h1-6,9,20H,7-8,10-11H2. The van der Waals surface area contributed by atoms with Crippen molar-refractivity contribution in [2.24, 2.45) is 0 Å². The van der Waals surface area contributed by atoms with Gasteiger partial charge in [-0.25, -0.2) is 0 Å². The molecule has 0 saturated carbocycles. The van der Waals surface area contributed by atoms with Crippen LogP contribution in [0.15, 0.2) is 42.5 Å². The summed E-state index contributed by atoms with van der Waals surface area (Å²) in [6, 6.07) is 13.4. The van der Waals surface area contributed by atoms with E-state index in [1.54, 1.807) is 18.2 Å². The molecule has 1 aliphatic heterocycles. The molecule has 5 heteroatoms. The molecule has 0 spiro atoms. The van der Waals surface area contributed by atoms with E-state index in [0.29, 0.717) is 22.3 Å². The van der Waals surface area contributed by atoms with Crippen LogP contribution in [0.4, 0.5) is 5.69 Å². The average molecular weight is 335 g/mol. The van der Waals surface area contributed by atoms with Gasteiger partial charge in [0, 0.05) is 18.1 Å². The molecule has 1 N–H and O–H groups in total. The summed E-state index contributed by atoms with van der Waals surface area (Å²) in [4.78, 5) is 14.2. The number of rotatable bonds is 3. The maximum Gasteiger partial charge on any atom is 0.242 e. The highest BCUT2D eigenvalue weighted by molar-refractivity contribution is 6.35. The van der Waals surface area contributed by atoms with Gasteiger partial charge in [0.05, 0.1) is 17.3 Å². The van der Waals surface area contributed by atoms with Crippen LogP contribution in [0.3, 0.4) is 0 Å². The van der Waals surface area contributed by atoms with Gasteiger partial charge in [-0.3, -0.25) is 4.79 Å². The number of halogens is 2. The van der Waals surface area contributed by atoms with Crippen LogP contribution < -0.4 is 5.32 Å². The Labute approximate surface area is 139 Å². The minimum absolute atomic E-state index is 0.0607. The zero-order valence-corrected chi connectivity index (χ0v) is 13.5. The Balaban J connectivity index is 1.62. The van der Waals surface area contributed by atoms with Gasteiger partial charge in [0.1, 0.15) is 0 Å². The minimum atomic E-state index is 0.0607. The molecule has 3 rings (SSSR count). The first-order chi connectivity index (χ1) is 10.6. The molecule has 1 amide bonds. The first kappa shape index (κ1) is 15.2. The average Bonchev–Trinajstić information content (AvgIpc) is 2.55. The molecule has 22 heavy (non-hydrogen) atoms. The fourth-order valence-corrected chi connectivity index (χ4v) is 2.98. The highest BCUT2D eigenvalue weighted by atomic mass is 35.5. The second kappa shape index (κ2) is 6.59. The predicted octanol–water partition coefficient (Wildman–Crippen LogP) is 3.99.